The van der Waals surface area contributed by atoms with Crippen molar-refractivity contribution in [2.24, 2.45) is 5.41 Å². The number of nitrogens with two attached hydrogens (primary N) is 1. The normalized spacial score (nSPS) is 11.8. The molecule has 0 amide bonds. The van der Waals surface area contributed by atoms with Gasteiger partial charge in [0.2, 0.25) is 0 Å². The number of aromatic nitrogens is 4. The molecule has 18 heavy (non-hydrogen) atoms. The highest BCUT2D eigenvalue weighted by Crippen LogP contribution is 2.23. The largest absolute Gasteiger partial charge is 0.399 e. The molecule has 0 radical (unpaired) electrons. The number of rotatable bonds is 2. The second kappa shape index (κ2) is 4.40. The first kappa shape index (κ1) is 12.5. The molecule has 0 saturated heterocycles. The Morgan fingerprint density at radius 3 is 2.61 bits per heavy atom. The van der Waals surface area contributed by atoms with Crippen molar-refractivity contribution < 1.29 is 0 Å². The lowest BCUT2D eigenvalue weighted by atomic mass is 9.97. The van der Waals surface area contributed by atoms with Crippen molar-refractivity contribution in [1.29, 1.82) is 0 Å². The number of nitrogens with zero attached hydrogens (tertiary/aromatic N) is 4. The van der Waals surface area contributed by atoms with Crippen LogP contribution in [0.4, 0.5) is 5.69 Å². The van der Waals surface area contributed by atoms with E-state index in [9.17, 15) is 0 Å². The van der Waals surface area contributed by atoms with E-state index in [1.165, 1.54) is 0 Å². The van der Waals surface area contributed by atoms with Crippen LogP contribution in [0.3, 0.4) is 0 Å². The Morgan fingerprint density at radius 1 is 1.28 bits per heavy atom. The maximum atomic E-state index is 5.82. The van der Waals surface area contributed by atoms with Gasteiger partial charge in [0.15, 0.2) is 5.82 Å². The van der Waals surface area contributed by atoms with Crippen molar-refractivity contribution in [2.45, 2.75) is 34.2 Å². The van der Waals surface area contributed by atoms with Gasteiger partial charge < -0.3 is 5.73 Å². The predicted octanol–water partition coefficient (Wildman–Crippen LogP) is 2.28. The molecule has 2 N–H and O–H groups in total. The van der Waals surface area contributed by atoms with Crippen LogP contribution in [0, 0.1) is 12.3 Å². The number of hydrogen-bond acceptors (Lipinski definition) is 4. The summed E-state index contributed by atoms with van der Waals surface area (Å²) < 4.78 is 1.84. The fraction of sp³-hybridized carbons (Fsp3) is 0.462. The Balaban J connectivity index is 2.39. The zero-order chi connectivity index (χ0) is 13.3. The van der Waals surface area contributed by atoms with Crippen molar-refractivity contribution in [3.8, 4) is 11.4 Å². The van der Waals surface area contributed by atoms with Crippen LogP contribution in [-0.4, -0.2) is 20.2 Å². The zero-order valence-corrected chi connectivity index (χ0v) is 11.3. The summed E-state index contributed by atoms with van der Waals surface area (Å²) in [6.07, 6.45) is 0. The van der Waals surface area contributed by atoms with Crippen LogP contribution < -0.4 is 5.73 Å². The van der Waals surface area contributed by atoms with E-state index in [1.54, 1.807) is 0 Å². The quantitative estimate of drug-likeness (QED) is 0.824. The van der Waals surface area contributed by atoms with Crippen molar-refractivity contribution in [2.75, 3.05) is 5.73 Å². The standard InChI is InChI=1S/C13H19N5/c1-9-7-10(5-6-11(9)14)12-15-16-17-18(12)8-13(2,3)4/h5-7H,8,14H2,1-4H3. The van der Waals surface area contributed by atoms with Gasteiger partial charge in [-0.15, -0.1) is 5.10 Å². The first-order valence-corrected chi connectivity index (χ1v) is 5.99. The minimum absolute atomic E-state index is 0.132. The van der Waals surface area contributed by atoms with E-state index in [1.807, 2.05) is 29.8 Å². The third-order valence-corrected chi connectivity index (χ3v) is 2.68. The second-order valence-electron chi connectivity index (χ2n) is 5.79. The van der Waals surface area contributed by atoms with Gasteiger partial charge in [0.05, 0.1) is 0 Å². The molecule has 0 saturated carbocycles. The molecule has 1 aromatic carbocycles. The summed E-state index contributed by atoms with van der Waals surface area (Å²) in [4.78, 5) is 0. The molecule has 5 heteroatoms. The first-order chi connectivity index (χ1) is 8.37. The summed E-state index contributed by atoms with van der Waals surface area (Å²) in [5, 5.41) is 11.9. The van der Waals surface area contributed by atoms with Crippen LogP contribution in [0.5, 0.6) is 0 Å². The van der Waals surface area contributed by atoms with E-state index in [0.29, 0.717) is 0 Å². The topological polar surface area (TPSA) is 69.6 Å². The van der Waals surface area contributed by atoms with Crippen LogP contribution in [0.25, 0.3) is 11.4 Å². The molecule has 5 nitrogen and oxygen atoms in total. The third kappa shape index (κ3) is 2.67. The Kier molecular flexibility index (Phi) is 3.07. The molecule has 0 atom stereocenters. The van der Waals surface area contributed by atoms with Gasteiger partial charge in [-0.1, -0.05) is 20.8 Å². The van der Waals surface area contributed by atoms with Crippen molar-refractivity contribution >= 4 is 5.69 Å². The number of benzene rings is 1. The van der Waals surface area contributed by atoms with Crippen molar-refractivity contribution in [3.05, 3.63) is 23.8 Å². The number of anilines is 1. The molecule has 0 spiro atoms. The maximum absolute atomic E-state index is 5.82. The molecule has 0 aliphatic rings. The van der Waals surface area contributed by atoms with E-state index in [4.69, 9.17) is 5.73 Å². The number of nitrogen functional groups attached to an aromatic ring is 1. The lowest BCUT2D eigenvalue weighted by Gasteiger charge is -2.18. The minimum Gasteiger partial charge on any atom is -0.399 e. The summed E-state index contributed by atoms with van der Waals surface area (Å²) >= 11 is 0. The highest BCUT2D eigenvalue weighted by molar-refractivity contribution is 5.61. The lowest BCUT2D eigenvalue weighted by Crippen LogP contribution is -2.17. The maximum Gasteiger partial charge on any atom is 0.182 e. The SMILES string of the molecule is Cc1cc(-c2nnnn2CC(C)(C)C)ccc1N. The molecular weight excluding hydrogens is 226 g/mol. The van der Waals surface area contributed by atoms with Gasteiger partial charge in [0, 0.05) is 17.8 Å². The van der Waals surface area contributed by atoms with Crippen molar-refractivity contribution in [1.82, 2.24) is 20.2 Å². The molecule has 0 fully saturated rings. The summed E-state index contributed by atoms with van der Waals surface area (Å²) in [5.74, 6) is 0.785. The summed E-state index contributed by atoms with van der Waals surface area (Å²) in [5.41, 5.74) is 8.78. The summed E-state index contributed by atoms with van der Waals surface area (Å²) in [7, 11) is 0. The molecule has 0 aliphatic carbocycles. The van der Waals surface area contributed by atoms with Gasteiger partial charge in [-0.05, 0) is 46.5 Å². The van der Waals surface area contributed by atoms with E-state index in [0.717, 1.165) is 29.2 Å². The molecule has 0 aliphatic heterocycles. The molecule has 2 aromatic rings. The molecule has 0 unspecified atom stereocenters. The predicted molar refractivity (Wildman–Crippen MR) is 71.9 cm³/mol. The monoisotopic (exact) mass is 245 g/mol. The fourth-order valence-electron chi connectivity index (χ4n) is 1.78. The van der Waals surface area contributed by atoms with E-state index in [2.05, 4.69) is 36.3 Å². The zero-order valence-electron chi connectivity index (χ0n) is 11.3. The van der Waals surface area contributed by atoms with Gasteiger partial charge in [-0.2, -0.15) is 0 Å². The molecular formula is C13H19N5. The van der Waals surface area contributed by atoms with Gasteiger partial charge in [0.25, 0.3) is 0 Å². The van der Waals surface area contributed by atoms with Crippen molar-refractivity contribution in [3.63, 3.8) is 0 Å². The molecule has 96 valence electrons. The second-order valence-corrected chi connectivity index (χ2v) is 5.79. The first-order valence-electron chi connectivity index (χ1n) is 5.99. The Labute approximate surface area is 107 Å². The van der Waals surface area contributed by atoms with Gasteiger partial charge >= 0.3 is 0 Å². The lowest BCUT2D eigenvalue weighted by molar-refractivity contribution is 0.323. The number of tetrazole rings is 1. The summed E-state index contributed by atoms with van der Waals surface area (Å²) in [6, 6.07) is 5.86. The minimum atomic E-state index is 0.132. The molecule has 1 aromatic heterocycles. The van der Waals surface area contributed by atoms with Crippen LogP contribution in [0.2, 0.25) is 0 Å². The number of hydrogen-bond donors (Lipinski definition) is 1. The van der Waals surface area contributed by atoms with E-state index in [-0.39, 0.29) is 5.41 Å². The van der Waals surface area contributed by atoms with Gasteiger partial charge in [-0.3, -0.25) is 0 Å². The van der Waals surface area contributed by atoms with Crippen LogP contribution in [0.15, 0.2) is 18.2 Å². The average molecular weight is 245 g/mol. The fourth-order valence-corrected chi connectivity index (χ4v) is 1.78. The average Bonchev–Trinajstić information content (AvgIpc) is 2.67. The molecule has 2 rings (SSSR count). The van der Waals surface area contributed by atoms with E-state index < -0.39 is 0 Å². The highest BCUT2D eigenvalue weighted by Gasteiger charge is 2.16. The highest BCUT2D eigenvalue weighted by atomic mass is 15.5. The third-order valence-electron chi connectivity index (χ3n) is 2.68. The Hall–Kier alpha value is -1.91. The Bertz CT molecular complexity index is 551. The van der Waals surface area contributed by atoms with Gasteiger partial charge in [-0.25, -0.2) is 4.68 Å². The van der Waals surface area contributed by atoms with Crippen LogP contribution in [0.1, 0.15) is 26.3 Å². The summed E-state index contributed by atoms with van der Waals surface area (Å²) in [6.45, 7) is 9.24. The smallest absolute Gasteiger partial charge is 0.182 e. The van der Waals surface area contributed by atoms with Crippen LogP contribution >= 0.6 is 0 Å². The molecule has 1 heterocycles. The van der Waals surface area contributed by atoms with Gasteiger partial charge in [0.1, 0.15) is 0 Å². The Morgan fingerprint density at radius 2 is 2.00 bits per heavy atom. The van der Waals surface area contributed by atoms with E-state index >= 15 is 0 Å². The molecule has 0 bridgehead atoms. The van der Waals surface area contributed by atoms with Crippen LogP contribution in [-0.2, 0) is 6.54 Å². The number of aryl methyl sites for hydroxylation is 1.